The number of rotatable bonds is 1. The van der Waals surface area contributed by atoms with E-state index in [9.17, 15) is 4.79 Å². The van der Waals surface area contributed by atoms with Crippen molar-refractivity contribution in [3.05, 3.63) is 118 Å². The van der Waals surface area contributed by atoms with Gasteiger partial charge in [-0.25, -0.2) is 4.98 Å². The van der Waals surface area contributed by atoms with E-state index in [2.05, 4.69) is 74.5 Å². The zero-order valence-corrected chi connectivity index (χ0v) is 20.1. The van der Waals surface area contributed by atoms with Crippen LogP contribution >= 0.6 is 0 Å². The van der Waals surface area contributed by atoms with Crippen molar-refractivity contribution in [3.63, 3.8) is 0 Å². The molecule has 2 aromatic heterocycles. The Kier molecular flexibility index (Phi) is 3.04. The Hall–Kier alpha value is -4.24. The Morgan fingerprint density at radius 2 is 1.42 bits per heavy atom. The second-order valence-electron chi connectivity index (χ2n) is 10.7. The molecule has 7 aromatic rings. The molecule has 0 amide bonds. The van der Waals surface area contributed by atoms with Crippen molar-refractivity contribution < 1.29 is 0 Å². The summed E-state index contributed by atoms with van der Waals surface area (Å²) in [5, 5.41) is 6.88. The quantitative estimate of drug-likeness (QED) is 0.261. The lowest BCUT2D eigenvalue weighted by atomic mass is 9.60. The lowest BCUT2D eigenvalue weighted by Crippen LogP contribution is -2.41. The Bertz CT molecular complexity index is 2180. The number of benzene rings is 5. The van der Waals surface area contributed by atoms with E-state index in [1.54, 1.807) is 4.40 Å². The number of imidazole rings is 1. The number of aromatic nitrogens is 2. The van der Waals surface area contributed by atoms with Gasteiger partial charge in [-0.05, 0) is 63.0 Å². The molecular weight excluding hydrogens is 440 g/mol. The number of hydrogen-bond acceptors (Lipinski definition) is 2. The lowest BCUT2D eigenvalue weighted by Gasteiger charge is -2.41. The van der Waals surface area contributed by atoms with Gasteiger partial charge in [0.15, 0.2) is 0 Å². The van der Waals surface area contributed by atoms with E-state index >= 15 is 0 Å². The van der Waals surface area contributed by atoms with Crippen LogP contribution in [0.4, 0.5) is 0 Å². The maximum Gasteiger partial charge on any atom is 0.264 e. The number of pyridine rings is 1. The molecule has 0 spiro atoms. The minimum atomic E-state index is -0.203. The van der Waals surface area contributed by atoms with Crippen molar-refractivity contribution in [3.8, 4) is 0 Å². The Balaban J connectivity index is 1.54. The highest BCUT2D eigenvalue weighted by Crippen LogP contribution is 2.68. The molecule has 0 bridgehead atoms. The molecule has 2 aliphatic rings. The van der Waals surface area contributed by atoms with E-state index < -0.39 is 0 Å². The van der Waals surface area contributed by atoms with Gasteiger partial charge in [-0.1, -0.05) is 80.6 Å². The first-order chi connectivity index (χ1) is 17.6. The fourth-order valence-corrected chi connectivity index (χ4v) is 8.30. The topological polar surface area (TPSA) is 34.4 Å². The van der Waals surface area contributed by atoms with E-state index in [1.165, 1.54) is 38.4 Å². The number of hydrogen-bond donors (Lipinski definition) is 0. The Morgan fingerprint density at radius 3 is 2.25 bits per heavy atom. The van der Waals surface area contributed by atoms with Crippen LogP contribution in [0.5, 0.6) is 0 Å². The molecule has 0 N–H and O–H groups in total. The van der Waals surface area contributed by atoms with Gasteiger partial charge in [0.1, 0.15) is 5.65 Å². The summed E-state index contributed by atoms with van der Waals surface area (Å²) in [6.07, 6.45) is 0.988. The summed E-state index contributed by atoms with van der Waals surface area (Å²) in [4.78, 5) is 18.9. The molecule has 36 heavy (non-hydrogen) atoms. The van der Waals surface area contributed by atoms with E-state index in [4.69, 9.17) is 4.98 Å². The zero-order chi connectivity index (χ0) is 24.0. The van der Waals surface area contributed by atoms with Crippen LogP contribution in [-0.4, -0.2) is 9.38 Å². The third-order valence-corrected chi connectivity index (χ3v) is 9.68. The molecule has 5 aromatic carbocycles. The van der Waals surface area contributed by atoms with Gasteiger partial charge in [0.05, 0.1) is 11.0 Å². The fourth-order valence-electron chi connectivity index (χ4n) is 8.30. The largest absolute Gasteiger partial charge is 0.268 e. The molecule has 3 heteroatoms. The summed E-state index contributed by atoms with van der Waals surface area (Å²) in [7, 11) is 0. The van der Waals surface area contributed by atoms with Gasteiger partial charge in [0, 0.05) is 27.0 Å². The lowest BCUT2D eigenvalue weighted by molar-refractivity contribution is 0.358. The molecule has 2 aliphatic carbocycles. The monoisotopic (exact) mass is 462 g/mol. The smallest absolute Gasteiger partial charge is 0.264 e. The Labute approximate surface area is 207 Å². The van der Waals surface area contributed by atoms with Gasteiger partial charge < -0.3 is 0 Å². The Morgan fingerprint density at radius 1 is 0.722 bits per heavy atom. The van der Waals surface area contributed by atoms with Gasteiger partial charge >= 0.3 is 0 Å². The van der Waals surface area contributed by atoms with Gasteiger partial charge in [-0.15, -0.1) is 0 Å². The molecule has 0 saturated heterocycles. The number of fused-ring (bicyclic) bond motifs is 9. The second kappa shape index (κ2) is 5.76. The van der Waals surface area contributed by atoms with Crippen LogP contribution in [0.25, 0.3) is 49.0 Å². The van der Waals surface area contributed by atoms with Crippen molar-refractivity contribution in [2.45, 2.75) is 31.1 Å². The third-order valence-electron chi connectivity index (χ3n) is 9.68. The van der Waals surface area contributed by atoms with Crippen LogP contribution in [0.3, 0.4) is 0 Å². The van der Waals surface area contributed by atoms with Crippen LogP contribution < -0.4 is 5.56 Å². The van der Waals surface area contributed by atoms with E-state index in [1.807, 2.05) is 24.3 Å². The normalized spacial score (nSPS) is 22.1. The first-order valence-corrected chi connectivity index (χ1v) is 12.8. The molecule has 3 nitrogen and oxygen atoms in total. The summed E-state index contributed by atoms with van der Waals surface area (Å²) < 4.78 is 1.80. The molecule has 2 heterocycles. The van der Waals surface area contributed by atoms with Gasteiger partial charge in [-0.2, -0.15) is 0 Å². The van der Waals surface area contributed by atoms with Gasteiger partial charge in [0.25, 0.3) is 5.56 Å². The predicted octanol–water partition coefficient (Wildman–Crippen LogP) is 7.07. The SMILES string of the molecule is CCC12c3cccc4cccc(c34)C1(C)c1ccc3c(=O)n4c5ccccc5nc4c4ccc2c1c34. The third kappa shape index (κ3) is 1.69. The zero-order valence-electron chi connectivity index (χ0n) is 20.1. The second-order valence-corrected chi connectivity index (χ2v) is 10.7. The summed E-state index contributed by atoms with van der Waals surface area (Å²) >= 11 is 0. The maximum absolute atomic E-state index is 14.0. The van der Waals surface area contributed by atoms with Crippen LogP contribution in [0.2, 0.25) is 0 Å². The molecular formula is C33H22N2O. The van der Waals surface area contributed by atoms with Gasteiger partial charge in [0.2, 0.25) is 0 Å². The van der Waals surface area contributed by atoms with Crippen molar-refractivity contribution >= 4 is 49.0 Å². The van der Waals surface area contributed by atoms with Crippen molar-refractivity contribution in [1.82, 2.24) is 9.38 Å². The molecule has 0 aliphatic heterocycles. The molecule has 0 radical (unpaired) electrons. The van der Waals surface area contributed by atoms with E-state index in [0.29, 0.717) is 0 Å². The minimum absolute atomic E-state index is 0.0187. The summed E-state index contributed by atoms with van der Waals surface area (Å²) in [6, 6.07) is 30.4. The summed E-state index contributed by atoms with van der Waals surface area (Å²) in [5.41, 5.74) is 7.64. The first kappa shape index (κ1) is 19.0. The van der Waals surface area contributed by atoms with Crippen LogP contribution in [-0.2, 0) is 10.8 Å². The van der Waals surface area contributed by atoms with E-state index in [-0.39, 0.29) is 16.4 Å². The molecule has 9 rings (SSSR count). The standard InChI is InChI=1S/C33H22N2O/c1-3-33-23-11-7-9-18-8-6-10-21(27(18)23)32(33,2)22-16-15-20-28-19(14-17-24(33)29(22)28)30-34-25-12-4-5-13-26(25)35(30)31(20)36/h4-17H,3H2,1-2H3. The average Bonchev–Trinajstić information content (AvgIpc) is 3.49. The van der Waals surface area contributed by atoms with Crippen LogP contribution in [0.15, 0.2) is 89.7 Å². The molecule has 0 saturated carbocycles. The van der Waals surface area contributed by atoms with Gasteiger partial charge in [-0.3, -0.25) is 9.20 Å². The minimum Gasteiger partial charge on any atom is -0.268 e. The summed E-state index contributed by atoms with van der Waals surface area (Å²) in [6.45, 7) is 4.76. The van der Waals surface area contributed by atoms with Crippen LogP contribution in [0.1, 0.15) is 42.5 Å². The predicted molar refractivity (Wildman–Crippen MR) is 147 cm³/mol. The highest BCUT2D eigenvalue weighted by molar-refractivity contribution is 6.20. The fraction of sp³-hybridized carbons (Fsp3) is 0.152. The highest BCUT2D eigenvalue weighted by atomic mass is 16.1. The maximum atomic E-state index is 14.0. The van der Waals surface area contributed by atoms with Crippen LogP contribution in [0, 0.1) is 0 Å². The number of nitrogens with zero attached hydrogens (tertiary/aromatic N) is 2. The highest BCUT2D eigenvalue weighted by Gasteiger charge is 2.61. The van der Waals surface area contributed by atoms with Crippen molar-refractivity contribution in [1.29, 1.82) is 0 Å². The molecule has 2 unspecified atom stereocenters. The average molecular weight is 463 g/mol. The molecule has 170 valence electrons. The molecule has 0 fully saturated rings. The van der Waals surface area contributed by atoms with E-state index in [0.717, 1.165) is 39.3 Å². The van der Waals surface area contributed by atoms with Crippen molar-refractivity contribution in [2.24, 2.45) is 0 Å². The molecule has 2 atom stereocenters. The summed E-state index contributed by atoms with van der Waals surface area (Å²) in [5.74, 6) is 0. The first-order valence-electron chi connectivity index (χ1n) is 12.8. The number of para-hydroxylation sites is 2. The van der Waals surface area contributed by atoms with Crippen molar-refractivity contribution in [2.75, 3.05) is 0 Å².